The van der Waals surface area contributed by atoms with Crippen molar-refractivity contribution >= 4 is 55.1 Å². The number of nitrogens with one attached hydrogen (secondary N) is 1. The Hall–Kier alpha value is -3.66. The summed E-state index contributed by atoms with van der Waals surface area (Å²) >= 11 is 9.69. The van der Waals surface area contributed by atoms with Crippen LogP contribution in [-0.2, 0) is 32.6 Å². The molecule has 1 N–H and O–H groups in total. The standard InChI is InChI=1S/C33H33BrClN3O4S/c1-3-36-33(40)31(21-25-11-6-4-7-12-25)37(22-26-13-10-14-27(34)20-26)32(39)23-38(30-18-17-28(35)19-24(30)2)43(41,42)29-15-8-5-9-16-29/h4-20,31H,3,21-23H2,1-2H3,(H,36,40)/t31-/m1/s1. The maximum Gasteiger partial charge on any atom is 0.264 e. The van der Waals surface area contributed by atoms with Gasteiger partial charge in [0.1, 0.15) is 12.6 Å². The topological polar surface area (TPSA) is 86.8 Å². The SMILES string of the molecule is CCNC(=O)[C@@H](Cc1ccccc1)N(Cc1cccc(Br)c1)C(=O)CN(c1ccc(Cl)cc1C)S(=O)(=O)c1ccccc1. The van der Waals surface area contributed by atoms with Crippen molar-refractivity contribution in [3.8, 4) is 0 Å². The molecule has 2 amide bonds. The monoisotopic (exact) mass is 681 g/mol. The maximum atomic E-state index is 14.4. The molecule has 0 fully saturated rings. The predicted molar refractivity (Wildman–Crippen MR) is 174 cm³/mol. The Morgan fingerprint density at radius 3 is 2.16 bits per heavy atom. The number of sulfonamides is 1. The van der Waals surface area contributed by atoms with Gasteiger partial charge in [0.15, 0.2) is 0 Å². The molecule has 0 heterocycles. The number of carbonyl (C=O) groups is 2. The Labute approximate surface area is 266 Å². The van der Waals surface area contributed by atoms with E-state index in [4.69, 9.17) is 11.6 Å². The van der Waals surface area contributed by atoms with E-state index in [9.17, 15) is 18.0 Å². The molecule has 0 saturated carbocycles. The summed E-state index contributed by atoms with van der Waals surface area (Å²) in [5.41, 5.74) is 2.56. The third-order valence-electron chi connectivity index (χ3n) is 6.90. The highest BCUT2D eigenvalue weighted by Gasteiger charge is 2.35. The molecule has 0 aliphatic heterocycles. The Bertz CT molecular complexity index is 1670. The molecular weight excluding hydrogens is 650 g/mol. The van der Waals surface area contributed by atoms with Crippen LogP contribution in [0.15, 0.2) is 112 Å². The third kappa shape index (κ3) is 8.25. The second-order valence-electron chi connectivity index (χ2n) is 10.0. The fourth-order valence-corrected chi connectivity index (χ4v) is 6.98. The zero-order valence-electron chi connectivity index (χ0n) is 23.9. The van der Waals surface area contributed by atoms with E-state index >= 15 is 0 Å². The first-order chi connectivity index (χ1) is 20.6. The lowest BCUT2D eigenvalue weighted by Crippen LogP contribution is -2.53. The van der Waals surface area contributed by atoms with E-state index < -0.39 is 28.5 Å². The fraction of sp³-hybridized carbons (Fsp3) is 0.212. The van der Waals surface area contributed by atoms with Crippen LogP contribution < -0.4 is 9.62 Å². The van der Waals surface area contributed by atoms with Crippen LogP contribution in [0.25, 0.3) is 0 Å². The van der Waals surface area contributed by atoms with Gasteiger partial charge in [0.2, 0.25) is 11.8 Å². The van der Waals surface area contributed by atoms with Crippen LogP contribution in [0.3, 0.4) is 0 Å². The Balaban J connectivity index is 1.81. The highest BCUT2D eigenvalue weighted by Crippen LogP contribution is 2.29. The van der Waals surface area contributed by atoms with E-state index in [1.54, 1.807) is 43.3 Å². The van der Waals surface area contributed by atoms with Gasteiger partial charge in [0.25, 0.3) is 10.0 Å². The van der Waals surface area contributed by atoms with Crippen LogP contribution in [0.1, 0.15) is 23.6 Å². The molecule has 0 aliphatic carbocycles. The number of aryl methyl sites for hydroxylation is 1. The number of amides is 2. The highest BCUT2D eigenvalue weighted by atomic mass is 79.9. The Morgan fingerprint density at radius 1 is 0.884 bits per heavy atom. The summed E-state index contributed by atoms with van der Waals surface area (Å²) in [6, 6.07) is 28.8. The lowest BCUT2D eigenvalue weighted by molar-refractivity contribution is -0.140. The number of hydrogen-bond acceptors (Lipinski definition) is 4. The number of anilines is 1. The molecular formula is C33H33BrClN3O4S. The number of nitrogens with zero attached hydrogens (tertiary/aromatic N) is 2. The van der Waals surface area contributed by atoms with Gasteiger partial charge in [-0.25, -0.2) is 8.42 Å². The van der Waals surface area contributed by atoms with Crippen LogP contribution in [0.2, 0.25) is 5.02 Å². The van der Waals surface area contributed by atoms with Crippen LogP contribution in [0.4, 0.5) is 5.69 Å². The average molecular weight is 683 g/mol. The van der Waals surface area contributed by atoms with Gasteiger partial charge in [-0.3, -0.25) is 13.9 Å². The minimum Gasteiger partial charge on any atom is -0.355 e. The predicted octanol–water partition coefficient (Wildman–Crippen LogP) is 6.38. The van der Waals surface area contributed by atoms with Gasteiger partial charge in [-0.2, -0.15) is 0 Å². The van der Waals surface area contributed by atoms with Crippen LogP contribution in [0.5, 0.6) is 0 Å². The molecule has 7 nitrogen and oxygen atoms in total. The molecule has 0 radical (unpaired) electrons. The van der Waals surface area contributed by atoms with Gasteiger partial charge in [0, 0.05) is 29.0 Å². The molecule has 0 bridgehead atoms. The van der Waals surface area contributed by atoms with Crippen molar-refractivity contribution in [1.82, 2.24) is 10.2 Å². The summed E-state index contributed by atoms with van der Waals surface area (Å²) in [6.07, 6.45) is 0.248. The summed E-state index contributed by atoms with van der Waals surface area (Å²) in [6.45, 7) is 3.49. The lowest BCUT2D eigenvalue weighted by atomic mass is 10.0. The quantitative estimate of drug-likeness (QED) is 0.188. The van der Waals surface area contributed by atoms with Crippen molar-refractivity contribution in [3.05, 3.63) is 129 Å². The first kappa shape index (κ1) is 32.3. The van der Waals surface area contributed by atoms with Gasteiger partial charge in [-0.15, -0.1) is 0 Å². The van der Waals surface area contributed by atoms with Crippen molar-refractivity contribution < 1.29 is 18.0 Å². The number of hydrogen-bond donors (Lipinski definition) is 1. The van der Waals surface area contributed by atoms with Crippen molar-refractivity contribution in [3.63, 3.8) is 0 Å². The van der Waals surface area contributed by atoms with E-state index in [1.807, 2.05) is 61.5 Å². The molecule has 0 unspecified atom stereocenters. The number of halogens is 2. The van der Waals surface area contributed by atoms with Crippen molar-refractivity contribution in [1.29, 1.82) is 0 Å². The third-order valence-corrected chi connectivity index (χ3v) is 9.40. The van der Waals surface area contributed by atoms with Crippen molar-refractivity contribution in [2.24, 2.45) is 0 Å². The van der Waals surface area contributed by atoms with E-state index in [0.29, 0.717) is 22.8 Å². The maximum absolute atomic E-state index is 14.4. The van der Waals surface area contributed by atoms with Crippen LogP contribution in [0, 0.1) is 6.92 Å². The van der Waals surface area contributed by atoms with Crippen LogP contribution in [-0.4, -0.2) is 44.3 Å². The molecule has 224 valence electrons. The van der Waals surface area contributed by atoms with Gasteiger partial charge >= 0.3 is 0 Å². The molecule has 0 saturated heterocycles. The van der Waals surface area contributed by atoms with Gasteiger partial charge < -0.3 is 10.2 Å². The second-order valence-corrected chi connectivity index (χ2v) is 13.2. The van der Waals surface area contributed by atoms with Gasteiger partial charge in [-0.1, -0.05) is 88.2 Å². The van der Waals surface area contributed by atoms with E-state index in [0.717, 1.165) is 19.9 Å². The zero-order chi connectivity index (χ0) is 31.0. The number of likely N-dealkylation sites (N-methyl/N-ethyl adjacent to an activating group) is 1. The highest BCUT2D eigenvalue weighted by molar-refractivity contribution is 9.10. The molecule has 1 atom stereocenters. The first-order valence-electron chi connectivity index (χ1n) is 13.8. The molecule has 0 spiro atoms. The summed E-state index contributed by atoms with van der Waals surface area (Å²) < 4.78 is 30.0. The smallest absolute Gasteiger partial charge is 0.264 e. The van der Waals surface area contributed by atoms with E-state index in [-0.39, 0.29) is 23.8 Å². The summed E-state index contributed by atoms with van der Waals surface area (Å²) in [5.74, 6) is -0.851. The number of rotatable bonds is 12. The Morgan fingerprint density at radius 2 is 1.53 bits per heavy atom. The number of carbonyl (C=O) groups excluding carboxylic acids is 2. The number of benzene rings is 4. The average Bonchev–Trinajstić information content (AvgIpc) is 2.99. The molecule has 10 heteroatoms. The Kier molecular flexibility index (Phi) is 11.0. The molecule has 0 aliphatic rings. The molecule has 0 aromatic heterocycles. The molecule has 4 aromatic rings. The minimum absolute atomic E-state index is 0.0419. The molecule has 4 aromatic carbocycles. The van der Waals surface area contributed by atoms with E-state index in [1.165, 1.54) is 17.0 Å². The largest absolute Gasteiger partial charge is 0.355 e. The summed E-state index contributed by atoms with van der Waals surface area (Å²) in [7, 11) is -4.18. The summed E-state index contributed by atoms with van der Waals surface area (Å²) in [5, 5.41) is 3.31. The molecule has 43 heavy (non-hydrogen) atoms. The first-order valence-corrected chi connectivity index (χ1v) is 16.4. The minimum atomic E-state index is -4.18. The van der Waals surface area contributed by atoms with Gasteiger partial charge in [-0.05, 0) is 73.0 Å². The normalized spacial score (nSPS) is 11.9. The second kappa shape index (κ2) is 14.7. The molecule has 4 rings (SSSR count). The lowest BCUT2D eigenvalue weighted by Gasteiger charge is -2.34. The summed E-state index contributed by atoms with van der Waals surface area (Å²) in [4.78, 5) is 29.5. The van der Waals surface area contributed by atoms with Crippen molar-refractivity contribution in [2.75, 3.05) is 17.4 Å². The van der Waals surface area contributed by atoms with E-state index in [2.05, 4.69) is 21.2 Å². The zero-order valence-corrected chi connectivity index (χ0v) is 27.1. The van der Waals surface area contributed by atoms with Gasteiger partial charge in [0.05, 0.1) is 10.6 Å². The fourth-order valence-electron chi connectivity index (χ4n) is 4.81. The van der Waals surface area contributed by atoms with Crippen LogP contribution >= 0.6 is 27.5 Å². The van der Waals surface area contributed by atoms with Crippen molar-refractivity contribution in [2.45, 2.75) is 37.8 Å².